The molecule has 1 aliphatic heterocycles. The number of nitrogens with zero attached hydrogens (tertiary/aromatic N) is 2. The number of hydrazine groups is 1. The summed E-state index contributed by atoms with van der Waals surface area (Å²) in [7, 11) is 0. The average molecular weight is 473 g/mol. The van der Waals surface area contributed by atoms with Crippen molar-refractivity contribution in [2.24, 2.45) is 0 Å². The van der Waals surface area contributed by atoms with Crippen LogP contribution >= 0.6 is 34.5 Å². The van der Waals surface area contributed by atoms with Crippen LogP contribution in [0.15, 0.2) is 18.2 Å². The Labute approximate surface area is 188 Å². The molecule has 2 amide bonds. The van der Waals surface area contributed by atoms with E-state index in [9.17, 15) is 9.59 Å². The van der Waals surface area contributed by atoms with E-state index in [0.717, 1.165) is 18.2 Å². The molecule has 3 rings (SSSR count). The van der Waals surface area contributed by atoms with E-state index in [1.165, 1.54) is 11.3 Å². The van der Waals surface area contributed by atoms with Crippen molar-refractivity contribution in [3.8, 4) is 5.75 Å². The molecule has 0 saturated carbocycles. The van der Waals surface area contributed by atoms with E-state index in [1.807, 2.05) is 0 Å². The zero-order chi connectivity index (χ0) is 21.5. The van der Waals surface area contributed by atoms with Gasteiger partial charge in [0.05, 0.1) is 30.5 Å². The highest BCUT2D eigenvalue weighted by molar-refractivity contribution is 7.17. The molecule has 8 nitrogen and oxygen atoms in total. The Morgan fingerprint density at radius 3 is 2.80 bits per heavy atom. The van der Waals surface area contributed by atoms with Crippen molar-refractivity contribution < 1.29 is 19.1 Å². The summed E-state index contributed by atoms with van der Waals surface area (Å²) in [5.41, 5.74) is 5.49. The van der Waals surface area contributed by atoms with Gasteiger partial charge in [0.15, 0.2) is 5.13 Å². The van der Waals surface area contributed by atoms with Crippen molar-refractivity contribution in [1.82, 2.24) is 15.8 Å². The third-order valence-corrected chi connectivity index (χ3v) is 6.33. The predicted octanol–water partition coefficient (Wildman–Crippen LogP) is 3.22. The fourth-order valence-corrected chi connectivity index (χ4v) is 4.10. The maximum absolute atomic E-state index is 12.4. The standard InChI is InChI=1S/C19H22Cl2N4O4S/c1-12-17(30-19(22-12)25-7-10-28-11-8-25)18(27)24-23-15(26)6-3-9-29-14-5-2-4-13(20)16(14)21/h2,4-5H,3,6-11H2,1H3,(H,23,26)(H,24,27). The van der Waals surface area contributed by atoms with Gasteiger partial charge in [0.25, 0.3) is 5.91 Å². The average Bonchev–Trinajstić information content (AvgIpc) is 3.14. The highest BCUT2D eigenvalue weighted by Crippen LogP contribution is 2.31. The smallest absolute Gasteiger partial charge is 0.281 e. The predicted molar refractivity (Wildman–Crippen MR) is 117 cm³/mol. The summed E-state index contributed by atoms with van der Waals surface area (Å²) in [5.74, 6) is -0.242. The Morgan fingerprint density at radius 2 is 2.03 bits per heavy atom. The Balaban J connectivity index is 1.40. The third kappa shape index (κ3) is 5.98. The lowest BCUT2D eigenvalue weighted by Crippen LogP contribution is -2.41. The SMILES string of the molecule is Cc1nc(N2CCOCC2)sc1C(=O)NNC(=O)CCCOc1cccc(Cl)c1Cl. The molecular formula is C19H22Cl2N4O4S. The summed E-state index contributed by atoms with van der Waals surface area (Å²) in [4.78, 5) is 31.4. The second-order valence-electron chi connectivity index (χ2n) is 6.52. The van der Waals surface area contributed by atoms with E-state index in [-0.39, 0.29) is 24.8 Å². The number of ether oxygens (including phenoxy) is 2. The second kappa shape index (κ2) is 10.8. The minimum atomic E-state index is -0.389. The Kier molecular flexibility index (Phi) is 8.15. The first kappa shape index (κ1) is 22.6. The van der Waals surface area contributed by atoms with Gasteiger partial charge < -0.3 is 14.4 Å². The van der Waals surface area contributed by atoms with Gasteiger partial charge in [-0.3, -0.25) is 20.4 Å². The van der Waals surface area contributed by atoms with Gasteiger partial charge in [0.2, 0.25) is 5.91 Å². The zero-order valence-corrected chi connectivity index (χ0v) is 18.7. The van der Waals surface area contributed by atoms with Gasteiger partial charge in [0, 0.05) is 19.5 Å². The van der Waals surface area contributed by atoms with Gasteiger partial charge in [-0.1, -0.05) is 40.6 Å². The van der Waals surface area contributed by atoms with Crippen LogP contribution in [0, 0.1) is 6.92 Å². The minimum absolute atomic E-state index is 0.180. The number of hydrogen-bond donors (Lipinski definition) is 2. The summed E-state index contributed by atoms with van der Waals surface area (Å²) in [6, 6.07) is 5.11. The Hall–Kier alpha value is -2.07. The van der Waals surface area contributed by atoms with Crippen molar-refractivity contribution in [2.45, 2.75) is 19.8 Å². The molecule has 2 N–H and O–H groups in total. The van der Waals surface area contributed by atoms with E-state index in [4.69, 9.17) is 32.7 Å². The summed E-state index contributed by atoms with van der Waals surface area (Å²) in [5, 5.41) is 1.53. The number of halogens is 2. The molecule has 0 spiro atoms. The van der Waals surface area contributed by atoms with Gasteiger partial charge in [-0.2, -0.15) is 0 Å². The lowest BCUT2D eigenvalue weighted by atomic mass is 10.3. The largest absolute Gasteiger partial charge is 0.492 e. The van der Waals surface area contributed by atoms with Gasteiger partial charge in [0.1, 0.15) is 15.6 Å². The van der Waals surface area contributed by atoms with Crippen molar-refractivity contribution in [3.05, 3.63) is 38.8 Å². The fraction of sp³-hybridized carbons (Fsp3) is 0.421. The number of carbonyl (C=O) groups is 2. The number of thiazole rings is 1. The molecule has 1 saturated heterocycles. The van der Waals surface area contributed by atoms with Gasteiger partial charge in [-0.05, 0) is 25.5 Å². The van der Waals surface area contributed by atoms with Crippen LogP contribution in [-0.2, 0) is 9.53 Å². The maximum atomic E-state index is 12.4. The molecule has 0 bridgehead atoms. The molecule has 1 aliphatic rings. The molecule has 1 aromatic heterocycles. The Bertz CT molecular complexity index is 903. The first-order chi connectivity index (χ1) is 14.5. The molecular weight excluding hydrogens is 451 g/mol. The van der Waals surface area contributed by atoms with Crippen LogP contribution in [0.2, 0.25) is 10.0 Å². The van der Waals surface area contributed by atoms with Crippen LogP contribution in [0.4, 0.5) is 5.13 Å². The van der Waals surface area contributed by atoms with Crippen LogP contribution in [0.5, 0.6) is 5.75 Å². The number of benzene rings is 1. The van der Waals surface area contributed by atoms with Crippen LogP contribution < -0.4 is 20.5 Å². The van der Waals surface area contributed by atoms with Crippen molar-refractivity contribution in [1.29, 1.82) is 0 Å². The first-order valence-corrected chi connectivity index (χ1v) is 11.0. The fourth-order valence-electron chi connectivity index (χ4n) is 2.74. The molecule has 0 atom stereocenters. The van der Waals surface area contributed by atoms with Crippen LogP contribution in [0.1, 0.15) is 28.2 Å². The topological polar surface area (TPSA) is 92.8 Å². The number of aromatic nitrogens is 1. The highest BCUT2D eigenvalue weighted by Gasteiger charge is 2.20. The van der Waals surface area contributed by atoms with E-state index in [2.05, 4.69) is 20.7 Å². The number of nitrogens with one attached hydrogen (secondary N) is 2. The summed E-state index contributed by atoms with van der Waals surface area (Å²) < 4.78 is 10.9. The highest BCUT2D eigenvalue weighted by atomic mass is 35.5. The van der Waals surface area contributed by atoms with E-state index in [0.29, 0.717) is 46.0 Å². The normalized spacial score (nSPS) is 13.8. The summed E-state index contributed by atoms with van der Waals surface area (Å²) in [6.07, 6.45) is 0.629. The molecule has 2 heterocycles. The summed E-state index contributed by atoms with van der Waals surface area (Å²) >= 11 is 13.3. The van der Waals surface area contributed by atoms with E-state index < -0.39 is 0 Å². The van der Waals surface area contributed by atoms with Crippen molar-refractivity contribution >= 4 is 51.5 Å². The van der Waals surface area contributed by atoms with Crippen LogP contribution in [0.3, 0.4) is 0 Å². The second-order valence-corrected chi connectivity index (χ2v) is 8.28. The van der Waals surface area contributed by atoms with E-state index in [1.54, 1.807) is 25.1 Å². The lowest BCUT2D eigenvalue weighted by molar-refractivity contribution is -0.122. The molecule has 11 heteroatoms. The number of hydrogen-bond acceptors (Lipinski definition) is 7. The van der Waals surface area contributed by atoms with Crippen molar-refractivity contribution in [2.75, 3.05) is 37.8 Å². The Morgan fingerprint density at radius 1 is 1.27 bits per heavy atom. The monoisotopic (exact) mass is 472 g/mol. The number of aryl methyl sites for hydroxylation is 1. The molecule has 2 aromatic rings. The molecule has 30 heavy (non-hydrogen) atoms. The van der Waals surface area contributed by atoms with Gasteiger partial charge in [-0.15, -0.1) is 0 Å². The molecule has 162 valence electrons. The summed E-state index contributed by atoms with van der Waals surface area (Å²) in [6.45, 7) is 4.83. The molecule has 1 aromatic carbocycles. The van der Waals surface area contributed by atoms with E-state index >= 15 is 0 Å². The number of rotatable bonds is 7. The zero-order valence-electron chi connectivity index (χ0n) is 16.4. The van der Waals surface area contributed by atoms with Gasteiger partial charge in [-0.25, -0.2) is 4.98 Å². The van der Waals surface area contributed by atoms with Gasteiger partial charge >= 0.3 is 0 Å². The number of morpholine rings is 1. The number of carbonyl (C=O) groups excluding carboxylic acids is 2. The van der Waals surface area contributed by atoms with Crippen LogP contribution in [0.25, 0.3) is 0 Å². The molecule has 0 aliphatic carbocycles. The first-order valence-electron chi connectivity index (χ1n) is 9.42. The lowest BCUT2D eigenvalue weighted by Gasteiger charge is -2.25. The molecule has 0 unspecified atom stereocenters. The van der Waals surface area contributed by atoms with Crippen molar-refractivity contribution in [3.63, 3.8) is 0 Å². The number of anilines is 1. The molecule has 0 radical (unpaired) electrons. The maximum Gasteiger partial charge on any atom is 0.281 e. The minimum Gasteiger partial charge on any atom is -0.492 e. The van der Waals surface area contributed by atoms with Crippen LogP contribution in [-0.4, -0.2) is 49.7 Å². The quantitative estimate of drug-likeness (QED) is 0.474. The third-order valence-electron chi connectivity index (χ3n) is 4.31. The number of amides is 2. The molecule has 1 fully saturated rings.